The van der Waals surface area contributed by atoms with Crippen LogP contribution < -0.4 is 15.2 Å². The van der Waals surface area contributed by atoms with Crippen molar-refractivity contribution < 1.29 is 9.47 Å². The van der Waals surface area contributed by atoms with E-state index in [0.717, 1.165) is 27.4 Å². The van der Waals surface area contributed by atoms with Crippen molar-refractivity contribution in [3.05, 3.63) is 52.8 Å². The molecule has 1 heterocycles. The lowest BCUT2D eigenvalue weighted by Gasteiger charge is -2.11. The van der Waals surface area contributed by atoms with Gasteiger partial charge in [0.05, 0.1) is 25.3 Å². The number of imidazole rings is 1. The van der Waals surface area contributed by atoms with Gasteiger partial charge in [-0.25, -0.2) is 4.98 Å². The average Bonchev–Trinajstić information content (AvgIpc) is 2.90. The maximum absolute atomic E-state index is 6.11. The number of rotatable bonds is 6. The molecule has 1 aromatic heterocycles. The van der Waals surface area contributed by atoms with Crippen LogP contribution in [0.1, 0.15) is 11.4 Å². The number of nitrogens with two attached hydrogens (primary N) is 1. The first-order valence-corrected chi connectivity index (χ1v) is 8.09. The third kappa shape index (κ3) is 3.18. The summed E-state index contributed by atoms with van der Waals surface area (Å²) in [5.41, 5.74) is 8.71. The molecule has 0 amide bonds. The molecule has 5 nitrogen and oxygen atoms in total. The van der Waals surface area contributed by atoms with E-state index in [1.54, 1.807) is 14.2 Å². The van der Waals surface area contributed by atoms with Crippen molar-refractivity contribution in [3.63, 3.8) is 0 Å². The van der Waals surface area contributed by atoms with Crippen LogP contribution in [-0.4, -0.2) is 30.3 Å². The second-order valence-corrected chi connectivity index (χ2v) is 5.92. The van der Waals surface area contributed by atoms with Crippen LogP contribution in [0.5, 0.6) is 11.5 Å². The van der Waals surface area contributed by atoms with Crippen molar-refractivity contribution in [2.75, 3.05) is 20.8 Å². The summed E-state index contributed by atoms with van der Waals surface area (Å²) in [7, 11) is 3.25. The first-order chi connectivity index (χ1) is 11.7. The molecule has 0 unspecified atom stereocenters. The maximum atomic E-state index is 6.11. The molecule has 24 heavy (non-hydrogen) atoms. The fraction of sp³-hybridized carbons (Fsp3) is 0.278. The van der Waals surface area contributed by atoms with Crippen molar-refractivity contribution in [1.29, 1.82) is 0 Å². The molecule has 0 fully saturated rings. The monoisotopic (exact) mass is 345 g/mol. The number of methoxy groups -OCH3 is 2. The molecule has 0 aliphatic heterocycles. The van der Waals surface area contributed by atoms with Crippen LogP contribution in [0.3, 0.4) is 0 Å². The van der Waals surface area contributed by atoms with Crippen molar-refractivity contribution in [2.24, 2.45) is 5.73 Å². The molecule has 0 spiro atoms. The molecule has 0 saturated heterocycles. The predicted octanol–water partition coefficient (Wildman–Crippen LogP) is 3.26. The lowest BCUT2D eigenvalue weighted by atomic mass is 10.2. The van der Waals surface area contributed by atoms with E-state index in [1.165, 1.54) is 0 Å². The van der Waals surface area contributed by atoms with Crippen molar-refractivity contribution in [3.8, 4) is 11.5 Å². The number of ether oxygens (including phenoxy) is 2. The highest BCUT2D eigenvalue weighted by molar-refractivity contribution is 6.30. The zero-order valence-corrected chi connectivity index (χ0v) is 14.5. The van der Waals surface area contributed by atoms with E-state index in [2.05, 4.69) is 4.57 Å². The number of hydrogen-bond donors (Lipinski definition) is 1. The van der Waals surface area contributed by atoms with Gasteiger partial charge in [0.15, 0.2) is 11.5 Å². The summed E-state index contributed by atoms with van der Waals surface area (Å²) in [6.07, 6.45) is 0.694. The van der Waals surface area contributed by atoms with E-state index < -0.39 is 0 Å². The highest BCUT2D eigenvalue weighted by Gasteiger charge is 2.15. The molecule has 0 bridgehead atoms. The molecular weight excluding hydrogens is 326 g/mol. The van der Waals surface area contributed by atoms with Crippen LogP contribution >= 0.6 is 11.6 Å². The van der Waals surface area contributed by atoms with Crippen LogP contribution in [0.15, 0.2) is 36.4 Å². The highest BCUT2D eigenvalue weighted by Crippen LogP contribution is 2.33. The first kappa shape index (κ1) is 16.6. The molecule has 0 saturated carbocycles. The molecule has 126 valence electrons. The van der Waals surface area contributed by atoms with Crippen molar-refractivity contribution >= 4 is 22.6 Å². The normalized spacial score (nSPS) is 11.0. The number of benzene rings is 2. The molecule has 3 rings (SSSR count). The Bertz CT molecular complexity index is 861. The predicted molar refractivity (Wildman–Crippen MR) is 96.1 cm³/mol. The van der Waals surface area contributed by atoms with Gasteiger partial charge in [-0.15, -0.1) is 0 Å². The van der Waals surface area contributed by atoms with E-state index in [4.69, 9.17) is 31.8 Å². The van der Waals surface area contributed by atoms with E-state index in [9.17, 15) is 0 Å². The second-order valence-electron chi connectivity index (χ2n) is 5.48. The molecule has 0 radical (unpaired) electrons. The van der Waals surface area contributed by atoms with Gasteiger partial charge in [0.1, 0.15) is 5.82 Å². The van der Waals surface area contributed by atoms with Crippen LogP contribution in [0, 0.1) is 0 Å². The zero-order chi connectivity index (χ0) is 17.1. The van der Waals surface area contributed by atoms with Gasteiger partial charge in [-0.05, 0) is 24.2 Å². The second kappa shape index (κ2) is 7.11. The van der Waals surface area contributed by atoms with Crippen LogP contribution in [0.4, 0.5) is 0 Å². The van der Waals surface area contributed by atoms with E-state index in [-0.39, 0.29) is 0 Å². The highest BCUT2D eigenvalue weighted by atomic mass is 35.5. The fourth-order valence-electron chi connectivity index (χ4n) is 2.82. The summed E-state index contributed by atoms with van der Waals surface area (Å²) < 4.78 is 12.9. The number of aromatic nitrogens is 2. The molecule has 0 aliphatic rings. The van der Waals surface area contributed by atoms with E-state index >= 15 is 0 Å². The molecular formula is C18H20ClN3O2. The Labute approximate surface area is 146 Å². The number of hydrogen-bond acceptors (Lipinski definition) is 4. The molecule has 0 aliphatic carbocycles. The molecule has 6 heteroatoms. The third-order valence-electron chi connectivity index (χ3n) is 3.93. The van der Waals surface area contributed by atoms with Gasteiger partial charge in [0.2, 0.25) is 0 Å². The number of nitrogens with zero attached hydrogens (tertiary/aromatic N) is 2. The largest absolute Gasteiger partial charge is 0.493 e. The minimum atomic E-state index is 0.535. The Morgan fingerprint density at radius 1 is 1.12 bits per heavy atom. The Morgan fingerprint density at radius 2 is 1.88 bits per heavy atom. The van der Waals surface area contributed by atoms with Crippen LogP contribution in [-0.2, 0) is 13.0 Å². The van der Waals surface area contributed by atoms with Gasteiger partial charge in [-0.1, -0.05) is 23.7 Å². The lowest BCUT2D eigenvalue weighted by Crippen LogP contribution is -2.11. The Kier molecular flexibility index (Phi) is 4.92. The fourth-order valence-corrected chi connectivity index (χ4v) is 3.03. The summed E-state index contributed by atoms with van der Waals surface area (Å²) in [6.45, 7) is 1.20. The van der Waals surface area contributed by atoms with Crippen LogP contribution in [0.2, 0.25) is 5.02 Å². The average molecular weight is 346 g/mol. The topological polar surface area (TPSA) is 62.3 Å². The molecule has 3 aromatic rings. The molecule has 2 N–H and O–H groups in total. The van der Waals surface area contributed by atoms with Gasteiger partial charge >= 0.3 is 0 Å². The zero-order valence-electron chi connectivity index (χ0n) is 13.8. The van der Waals surface area contributed by atoms with Gasteiger partial charge in [-0.3, -0.25) is 0 Å². The Morgan fingerprint density at radius 3 is 2.54 bits per heavy atom. The van der Waals surface area contributed by atoms with E-state index in [0.29, 0.717) is 31.0 Å². The first-order valence-electron chi connectivity index (χ1n) is 7.72. The van der Waals surface area contributed by atoms with Crippen molar-refractivity contribution in [1.82, 2.24) is 9.55 Å². The lowest BCUT2D eigenvalue weighted by molar-refractivity contribution is 0.355. The summed E-state index contributed by atoms with van der Waals surface area (Å²) in [5, 5.41) is 0.719. The Balaban J connectivity index is 2.14. The smallest absolute Gasteiger partial charge is 0.163 e. The summed E-state index contributed by atoms with van der Waals surface area (Å²) in [5.74, 6) is 2.27. The van der Waals surface area contributed by atoms with Gasteiger partial charge in [0, 0.05) is 30.1 Å². The maximum Gasteiger partial charge on any atom is 0.163 e. The van der Waals surface area contributed by atoms with Crippen LogP contribution in [0.25, 0.3) is 11.0 Å². The number of fused-ring (bicyclic) bond motifs is 1. The molecule has 2 aromatic carbocycles. The summed E-state index contributed by atoms with van der Waals surface area (Å²) in [4.78, 5) is 4.72. The minimum Gasteiger partial charge on any atom is -0.493 e. The van der Waals surface area contributed by atoms with Gasteiger partial charge in [0.25, 0.3) is 0 Å². The third-order valence-corrected chi connectivity index (χ3v) is 4.17. The van der Waals surface area contributed by atoms with Gasteiger partial charge < -0.3 is 19.8 Å². The van der Waals surface area contributed by atoms with E-state index in [1.807, 2.05) is 36.4 Å². The number of halogens is 1. The SMILES string of the molecule is COc1cc2nc(CCN)n(Cc3cccc(Cl)c3)c2cc1OC. The molecule has 0 atom stereocenters. The summed E-state index contributed by atoms with van der Waals surface area (Å²) >= 11 is 6.11. The summed E-state index contributed by atoms with van der Waals surface area (Å²) in [6, 6.07) is 11.7. The standard InChI is InChI=1S/C18H20ClN3O2/c1-23-16-9-14-15(10-17(16)24-2)22(18(21-14)6-7-20)11-12-4-3-5-13(19)8-12/h3-5,8-10H,6-7,11,20H2,1-2H3. The Hall–Kier alpha value is -2.24. The van der Waals surface area contributed by atoms with Crippen molar-refractivity contribution in [2.45, 2.75) is 13.0 Å². The quantitative estimate of drug-likeness (QED) is 0.745. The minimum absolute atomic E-state index is 0.535. The van der Waals surface area contributed by atoms with Gasteiger partial charge in [-0.2, -0.15) is 0 Å².